The molecule has 0 fully saturated rings. The Balaban J connectivity index is 2.18. The molecule has 2 aromatic heterocycles. The number of methoxy groups -OCH3 is 1. The van der Waals surface area contributed by atoms with Gasteiger partial charge in [0.05, 0.1) is 18.2 Å². The van der Waals surface area contributed by atoms with Crippen molar-refractivity contribution in [3.05, 3.63) is 52.1 Å². The van der Waals surface area contributed by atoms with Crippen LogP contribution in [0.25, 0.3) is 22.3 Å². The molecule has 0 spiro atoms. The predicted molar refractivity (Wildman–Crippen MR) is 93.2 cm³/mol. The maximum Gasteiger partial charge on any atom is 0.339 e. The fourth-order valence-electron chi connectivity index (χ4n) is 2.51. The second kappa shape index (κ2) is 6.35. The summed E-state index contributed by atoms with van der Waals surface area (Å²) in [5.41, 5.74) is 1.27. The van der Waals surface area contributed by atoms with Gasteiger partial charge in [-0.2, -0.15) is 0 Å². The Bertz CT molecular complexity index is 1020. The number of H-pyrrole nitrogens is 1. The van der Waals surface area contributed by atoms with Crippen LogP contribution in [0, 0.1) is 0 Å². The van der Waals surface area contributed by atoms with Gasteiger partial charge in [0.2, 0.25) is 0 Å². The minimum atomic E-state index is -1.09. The van der Waals surface area contributed by atoms with Gasteiger partial charge in [0.25, 0.3) is 5.56 Å². The number of nitrogens with one attached hydrogen (secondary N) is 1. The van der Waals surface area contributed by atoms with E-state index < -0.39 is 5.97 Å². The zero-order chi connectivity index (χ0) is 18.1. The number of fused-ring (bicyclic) bond motifs is 1. The van der Waals surface area contributed by atoms with Crippen LogP contribution in [0.5, 0.6) is 5.75 Å². The fraction of sp³-hybridized carbons (Fsp3) is 0.222. The molecule has 0 bridgehead atoms. The molecule has 0 aliphatic carbocycles. The average Bonchev–Trinajstić information content (AvgIpc) is 2.60. The van der Waals surface area contributed by atoms with Crippen LogP contribution in [0.2, 0.25) is 0 Å². The Morgan fingerprint density at radius 2 is 1.96 bits per heavy atom. The molecule has 25 heavy (non-hydrogen) atoms. The third-order valence-corrected chi connectivity index (χ3v) is 3.86. The Hall–Kier alpha value is -3.22. The summed E-state index contributed by atoms with van der Waals surface area (Å²) in [4.78, 5) is 35.1. The van der Waals surface area contributed by atoms with E-state index in [0.717, 1.165) is 0 Å². The molecule has 0 saturated heterocycles. The number of benzene rings is 1. The lowest BCUT2D eigenvalue weighted by atomic mass is 10.1. The quantitative estimate of drug-likeness (QED) is 0.757. The van der Waals surface area contributed by atoms with Crippen LogP contribution >= 0.6 is 0 Å². The zero-order valence-electron chi connectivity index (χ0n) is 14.0. The number of aromatic carboxylic acids is 1. The zero-order valence-corrected chi connectivity index (χ0v) is 14.0. The molecular formula is C18H17N3O4. The SMILES string of the molecule is COc1ccc(-c2ccc3c(=O)[nH]c(C(C)C)nc3n2)cc1C(=O)O. The lowest BCUT2D eigenvalue weighted by Gasteiger charge is -2.09. The number of nitrogens with zero attached hydrogens (tertiary/aromatic N) is 2. The van der Waals surface area contributed by atoms with E-state index in [2.05, 4.69) is 15.0 Å². The van der Waals surface area contributed by atoms with Gasteiger partial charge in [-0.15, -0.1) is 0 Å². The van der Waals surface area contributed by atoms with Gasteiger partial charge >= 0.3 is 5.97 Å². The molecule has 3 aromatic rings. The smallest absolute Gasteiger partial charge is 0.339 e. The molecule has 7 nitrogen and oxygen atoms in total. The molecule has 128 valence electrons. The number of carboxylic acids is 1. The van der Waals surface area contributed by atoms with Crippen LogP contribution in [0.3, 0.4) is 0 Å². The van der Waals surface area contributed by atoms with Gasteiger partial charge in [0, 0.05) is 11.5 Å². The van der Waals surface area contributed by atoms with E-state index >= 15 is 0 Å². The highest BCUT2D eigenvalue weighted by molar-refractivity contribution is 5.92. The molecule has 0 amide bonds. The van der Waals surface area contributed by atoms with Crippen LogP contribution in [0.1, 0.15) is 35.9 Å². The molecular weight excluding hydrogens is 322 g/mol. The molecule has 3 rings (SSSR count). The van der Waals surface area contributed by atoms with Crippen molar-refractivity contribution in [2.75, 3.05) is 7.11 Å². The Morgan fingerprint density at radius 1 is 1.20 bits per heavy atom. The summed E-state index contributed by atoms with van der Waals surface area (Å²) in [5, 5.41) is 9.70. The number of aromatic nitrogens is 3. The molecule has 0 radical (unpaired) electrons. The maximum atomic E-state index is 12.1. The monoisotopic (exact) mass is 339 g/mol. The Kier molecular flexibility index (Phi) is 4.22. The standard InChI is InChI=1S/C18H17N3O4/c1-9(2)15-20-16-11(17(22)21-15)5-6-13(19-16)10-4-7-14(25-3)12(8-10)18(23)24/h4-9H,1-3H3,(H,23,24)(H,19,20,21,22). The summed E-state index contributed by atoms with van der Waals surface area (Å²) in [6, 6.07) is 8.09. The minimum Gasteiger partial charge on any atom is -0.496 e. The van der Waals surface area contributed by atoms with Crippen LogP contribution in [0.4, 0.5) is 0 Å². The van der Waals surface area contributed by atoms with Gasteiger partial charge in [0.1, 0.15) is 17.1 Å². The fourth-order valence-corrected chi connectivity index (χ4v) is 2.51. The Labute approximate surface area is 143 Å². The van der Waals surface area contributed by atoms with E-state index in [1.165, 1.54) is 13.2 Å². The average molecular weight is 339 g/mol. The van der Waals surface area contributed by atoms with Gasteiger partial charge < -0.3 is 14.8 Å². The number of carbonyl (C=O) groups is 1. The summed E-state index contributed by atoms with van der Waals surface area (Å²) in [6.45, 7) is 3.85. The molecule has 0 unspecified atom stereocenters. The molecule has 7 heteroatoms. The summed E-state index contributed by atoms with van der Waals surface area (Å²) < 4.78 is 5.07. The van der Waals surface area contributed by atoms with Crippen LogP contribution in [-0.2, 0) is 0 Å². The van der Waals surface area contributed by atoms with E-state index in [-0.39, 0.29) is 22.8 Å². The summed E-state index contributed by atoms with van der Waals surface area (Å²) >= 11 is 0. The van der Waals surface area contributed by atoms with Gasteiger partial charge in [-0.05, 0) is 30.3 Å². The number of aromatic amines is 1. The van der Waals surface area contributed by atoms with Crippen molar-refractivity contribution in [3.8, 4) is 17.0 Å². The summed E-state index contributed by atoms with van der Waals surface area (Å²) in [6.07, 6.45) is 0. The third-order valence-electron chi connectivity index (χ3n) is 3.86. The van der Waals surface area contributed by atoms with E-state index in [9.17, 15) is 14.7 Å². The maximum absolute atomic E-state index is 12.1. The normalized spacial score (nSPS) is 11.0. The first-order chi connectivity index (χ1) is 11.9. The van der Waals surface area contributed by atoms with E-state index in [1.54, 1.807) is 24.3 Å². The van der Waals surface area contributed by atoms with E-state index in [1.807, 2.05) is 13.8 Å². The molecule has 0 aliphatic rings. The number of ether oxygens (including phenoxy) is 1. The number of hydrogen-bond acceptors (Lipinski definition) is 5. The molecule has 0 saturated carbocycles. The van der Waals surface area contributed by atoms with Gasteiger partial charge in [-0.3, -0.25) is 4.79 Å². The van der Waals surface area contributed by atoms with Crippen molar-refractivity contribution < 1.29 is 14.6 Å². The first-order valence-electron chi connectivity index (χ1n) is 7.73. The number of pyridine rings is 1. The third kappa shape index (κ3) is 3.08. The predicted octanol–water partition coefficient (Wildman–Crippen LogP) is 2.82. The lowest BCUT2D eigenvalue weighted by molar-refractivity contribution is 0.0693. The van der Waals surface area contributed by atoms with Crippen molar-refractivity contribution in [2.24, 2.45) is 0 Å². The Morgan fingerprint density at radius 3 is 2.60 bits per heavy atom. The first kappa shape index (κ1) is 16.6. The number of hydrogen-bond donors (Lipinski definition) is 2. The largest absolute Gasteiger partial charge is 0.496 e. The van der Waals surface area contributed by atoms with Crippen molar-refractivity contribution in [3.63, 3.8) is 0 Å². The van der Waals surface area contributed by atoms with Gasteiger partial charge in [-0.1, -0.05) is 13.8 Å². The molecule has 2 heterocycles. The van der Waals surface area contributed by atoms with Crippen molar-refractivity contribution in [1.29, 1.82) is 0 Å². The summed E-state index contributed by atoms with van der Waals surface area (Å²) in [7, 11) is 1.42. The lowest BCUT2D eigenvalue weighted by Crippen LogP contribution is -2.13. The van der Waals surface area contributed by atoms with Gasteiger partial charge in [0.15, 0.2) is 5.65 Å². The van der Waals surface area contributed by atoms with Crippen molar-refractivity contribution in [2.45, 2.75) is 19.8 Å². The van der Waals surface area contributed by atoms with Crippen LogP contribution in [0.15, 0.2) is 35.1 Å². The second-order valence-electron chi connectivity index (χ2n) is 5.89. The first-order valence-corrected chi connectivity index (χ1v) is 7.73. The minimum absolute atomic E-state index is 0.0450. The molecule has 1 aromatic carbocycles. The molecule has 2 N–H and O–H groups in total. The molecule has 0 atom stereocenters. The number of carboxylic acid groups (broad SMARTS) is 1. The highest BCUT2D eigenvalue weighted by Gasteiger charge is 2.14. The van der Waals surface area contributed by atoms with E-state index in [0.29, 0.717) is 28.1 Å². The van der Waals surface area contributed by atoms with Crippen molar-refractivity contribution in [1.82, 2.24) is 15.0 Å². The second-order valence-corrected chi connectivity index (χ2v) is 5.89. The van der Waals surface area contributed by atoms with Crippen molar-refractivity contribution >= 4 is 17.0 Å². The highest BCUT2D eigenvalue weighted by Crippen LogP contribution is 2.26. The van der Waals surface area contributed by atoms with E-state index in [4.69, 9.17) is 4.74 Å². The highest BCUT2D eigenvalue weighted by atomic mass is 16.5. The van der Waals surface area contributed by atoms with Crippen LogP contribution < -0.4 is 10.3 Å². The topological polar surface area (TPSA) is 105 Å². The molecule has 0 aliphatic heterocycles. The number of rotatable bonds is 4. The van der Waals surface area contributed by atoms with Gasteiger partial charge in [-0.25, -0.2) is 14.8 Å². The summed E-state index contributed by atoms with van der Waals surface area (Å²) in [5.74, 6) is -0.199. The van der Waals surface area contributed by atoms with Crippen LogP contribution in [-0.4, -0.2) is 33.1 Å².